The molecular weight excluding hydrogens is 355 g/mol. The topological polar surface area (TPSA) is 123 Å². The second-order valence-electron chi connectivity index (χ2n) is 6.08. The molecule has 8 nitrogen and oxygen atoms in total. The van der Waals surface area contributed by atoms with E-state index < -0.39 is 17.6 Å². The van der Waals surface area contributed by atoms with E-state index in [1.54, 1.807) is 19.9 Å². The number of halogens is 1. The molecule has 0 saturated carbocycles. The summed E-state index contributed by atoms with van der Waals surface area (Å²) in [6.45, 7) is 2.99. The zero-order valence-corrected chi connectivity index (χ0v) is 14.6. The third kappa shape index (κ3) is 3.44. The minimum Gasteiger partial charge on any atom is -0.358 e. The molecule has 27 heavy (non-hydrogen) atoms. The standard InChI is InChI=1S/C18H17FN4O4/c1-8-14(21-9(2)16(8)18(26)20-7-15(24)23-27)6-12-11-5-10(19)3-4-13(11)22-17(12)25/h3-6,21,27H,7H2,1-2H3,(H,20,26)(H,22,25)(H,23,24)/b12-6-. The summed E-state index contributed by atoms with van der Waals surface area (Å²) in [4.78, 5) is 38.6. The molecule has 0 atom stereocenters. The van der Waals surface area contributed by atoms with Gasteiger partial charge in [0, 0.05) is 22.6 Å². The largest absolute Gasteiger partial charge is 0.358 e. The number of hydrogen-bond acceptors (Lipinski definition) is 4. The van der Waals surface area contributed by atoms with Gasteiger partial charge in [-0.25, -0.2) is 9.87 Å². The summed E-state index contributed by atoms with van der Waals surface area (Å²) in [6.07, 6.45) is 1.56. The maximum Gasteiger partial charge on any atom is 0.262 e. The molecule has 2 aromatic rings. The van der Waals surface area contributed by atoms with E-state index in [9.17, 15) is 18.8 Å². The van der Waals surface area contributed by atoms with Crippen molar-refractivity contribution in [2.24, 2.45) is 0 Å². The van der Waals surface area contributed by atoms with Crippen LogP contribution >= 0.6 is 0 Å². The normalized spacial score (nSPS) is 14.1. The summed E-state index contributed by atoms with van der Waals surface area (Å²) in [5, 5.41) is 13.5. The number of hydrogen-bond donors (Lipinski definition) is 5. The van der Waals surface area contributed by atoms with Crippen LogP contribution in [0.25, 0.3) is 11.6 Å². The molecule has 2 heterocycles. The molecule has 3 amide bonds. The van der Waals surface area contributed by atoms with E-state index >= 15 is 0 Å². The quantitative estimate of drug-likeness (QED) is 0.317. The number of carbonyl (C=O) groups excluding carboxylic acids is 3. The van der Waals surface area contributed by atoms with Crippen molar-refractivity contribution in [1.82, 2.24) is 15.8 Å². The lowest BCUT2D eigenvalue weighted by molar-refractivity contribution is -0.128. The highest BCUT2D eigenvalue weighted by Crippen LogP contribution is 2.34. The molecular formula is C18H17FN4O4. The van der Waals surface area contributed by atoms with Gasteiger partial charge in [0.15, 0.2) is 0 Å². The van der Waals surface area contributed by atoms with Crippen LogP contribution in [0.1, 0.15) is 32.9 Å². The molecule has 3 rings (SSSR count). The van der Waals surface area contributed by atoms with Crippen molar-refractivity contribution < 1.29 is 24.0 Å². The van der Waals surface area contributed by atoms with E-state index in [4.69, 9.17) is 5.21 Å². The first-order valence-corrected chi connectivity index (χ1v) is 8.05. The fourth-order valence-corrected chi connectivity index (χ4v) is 3.00. The van der Waals surface area contributed by atoms with Crippen LogP contribution in [-0.2, 0) is 9.59 Å². The highest BCUT2D eigenvalue weighted by Gasteiger charge is 2.26. The molecule has 1 aromatic heterocycles. The van der Waals surface area contributed by atoms with Gasteiger partial charge in [0.05, 0.1) is 17.7 Å². The van der Waals surface area contributed by atoms with Crippen molar-refractivity contribution in [3.8, 4) is 0 Å². The lowest BCUT2D eigenvalue weighted by Crippen LogP contribution is -2.35. The highest BCUT2D eigenvalue weighted by molar-refractivity contribution is 6.34. The van der Waals surface area contributed by atoms with Crippen LogP contribution in [0.15, 0.2) is 18.2 Å². The summed E-state index contributed by atoms with van der Waals surface area (Å²) in [5.74, 6) is -2.08. The van der Waals surface area contributed by atoms with Crippen LogP contribution in [0.4, 0.5) is 10.1 Å². The van der Waals surface area contributed by atoms with Gasteiger partial charge in [0.1, 0.15) is 5.82 Å². The van der Waals surface area contributed by atoms with E-state index in [0.717, 1.165) is 0 Å². The molecule has 0 saturated heterocycles. The van der Waals surface area contributed by atoms with Gasteiger partial charge in [0.2, 0.25) is 0 Å². The van der Waals surface area contributed by atoms with Crippen molar-refractivity contribution in [2.75, 3.05) is 11.9 Å². The first kappa shape index (κ1) is 18.3. The smallest absolute Gasteiger partial charge is 0.262 e. The van der Waals surface area contributed by atoms with Gasteiger partial charge >= 0.3 is 0 Å². The Kier molecular flexibility index (Phi) is 4.78. The predicted molar refractivity (Wildman–Crippen MR) is 95.4 cm³/mol. The number of rotatable bonds is 4. The highest BCUT2D eigenvalue weighted by atomic mass is 19.1. The fraction of sp³-hybridized carbons (Fsp3) is 0.167. The van der Waals surface area contributed by atoms with Crippen molar-refractivity contribution in [1.29, 1.82) is 0 Å². The first-order chi connectivity index (χ1) is 12.8. The van der Waals surface area contributed by atoms with Crippen molar-refractivity contribution in [2.45, 2.75) is 13.8 Å². The van der Waals surface area contributed by atoms with Gasteiger partial charge < -0.3 is 15.6 Å². The minimum atomic E-state index is -0.752. The third-order valence-corrected chi connectivity index (χ3v) is 4.29. The number of nitrogens with one attached hydrogen (secondary N) is 4. The van der Waals surface area contributed by atoms with Crippen molar-refractivity contribution >= 4 is 35.1 Å². The van der Waals surface area contributed by atoms with Gasteiger partial charge in [-0.15, -0.1) is 0 Å². The van der Waals surface area contributed by atoms with Crippen LogP contribution in [0.2, 0.25) is 0 Å². The number of anilines is 1. The lowest BCUT2D eigenvalue weighted by Gasteiger charge is -2.04. The van der Waals surface area contributed by atoms with Crippen LogP contribution in [0.5, 0.6) is 0 Å². The molecule has 0 fully saturated rings. The second-order valence-corrected chi connectivity index (χ2v) is 6.08. The van der Waals surface area contributed by atoms with Crippen LogP contribution in [0, 0.1) is 19.7 Å². The molecule has 0 radical (unpaired) electrons. The number of fused-ring (bicyclic) bond motifs is 1. The average molecular weight is 372 g/mol. The Morgan fingerprint density at radius 3 is 2.74 bits per heavy atom. The zero-order valence-electron chi connectivity index (χ0n) is 14.6. The Morgan fingerprint density at radius 1 is 1.30 bits per heavy atom. The number of hydroxylamine groups is 1. The van der Waals surface area contributed by atoms with Crippen molar-refractivity contribution in [3.63, 3.8) is 0 Å². The predicted octanol–water partition coefficient (Wildman–Crippen LogP) is 1.50. The molecule has 1 aliphatic heterocycles. The third-order valence-electron chi connectivity index (χ3n) is 4.29. The number of amides is 3. The summed E-state index contributed by atoms with van der Waals surface area (Å²) < 4.78 is 13.6. The number of H-pyrrole nitrogens is 1. The van der Waals surface area contributed by atoms with E-state index in [-0.39, 0.29) is 18.0 Å². The van der Waals surface area contributed by atoms with E-state index in [2.05, 4.69) is 15.6 Å². The molecule has 1 aromatic carbocycles. The SMILES string of the molecule is Cc1[nH]c(/C=C2\C(=O)Nc3ccc(F)cc32)c(C)c1C(=O)NCC(=O)NO. The van der Waals surface area contributed by atoms with Gasteiger partial charge in [-0.2, -0.15) is 0 Å². The minimum absolute atomic E-state index is 0.278. The summed E-state index contributed by atoms with van der Waals surface area (Å²) in [6, 6.07) is 4.02. The second kappa shape index (κ2) is 7.04. The van der Waals surface area contributed by atoms with Crippen LogP contribution in [-0.4, -0.2) is 34.5 Å². The van der Waals surface area contributed by atoms with Crippen LogP contribution in [0.3, 0.4) is 0 Å². The van der Waals surface area contributed by atoms with Crippen LogP contribution < -0.4 is 16.1 Å². The Morgan fingerprint density at radius 2 is 2.04 bits per heavy atom. The summed E-state index contributed by atoms with van der Waals surface area (Å²) >= 11 is 0. The van der Waals surface area contributed by atoms with Crippen molar-refractivity contribution in [3.05, 3.63) is 52.1 Å². The molecule has 0 aliphatic carbocycles. The maximum absolute atomic E-state index is 13.6. The molecule has 1 aliphatic rings. The Labute approximate surface area is 153 Å². The zero-order chi connectivity index (χ0) is 19.7. The van der Waals surface area contributed by atoms with Gasteiger partial charge in [0.25, 0.3) is 17.7 Å². The number of aromatic amines is 1. The Bertz CT molecular complexity index is 993. The molecule has 0 bridgehead atoms. The summed E-state index contributed by atoms with van der Waals surface area (Å²) in [7, 11) is 0. The van der Waals surface area contributed by atoms with E-state index in [0.29, 0.717) is 33.8 Å². The number of carbonyl (C=O) groups is 3. The Balaban J connectivity index is 1.95. The average Bonchev–Trinajstić information content (AvgIpc) is 3.09. The van der Waals surface area contributed by atoms with Gasteiger partial charge in [-0.05, 0) is 43.7 Å². The molecule has 0 unspecified atom stereocenters. The molecule has 140 valence electrons. The number of benzene rings is 1. The maximum atomic E-state index is 13.6. The van der Waals surface area contributed by atoms with Gasteiger partial charge in [-0.1, -0.05) is 0 Å². The molecule has 5 N–H and O–H groups in total. The lowest BCUT2D eigenvalue weighted by atomic mass is 10.0. The Hall–Kier alpha value is -3.46. The monoisotopic (exact) mass is 372 g/mol. The number of aromatic nitrogens is 1. The molecule has 0 spiro atoms. The first-order valence-electron chi connectivity index (χ1n) is 8.05. The fourth-order valence-electron chi connectivity index (χ4n) is 3.00. The number of aryl methyl sites for hydroxylation is 1. The molecule has 9 heteroatoms. The van der Waals surface area contributed by atoms with E-state index in [1.165, 1.54) is 23.7 Å². The van der Waals surface area contributed by atoms with Gasteiger partial charge in [-0.3, -0.25) is 19.6 Å². The summed E-state index contributed by atoms with van der Waals surface area (Å²) in [5.41, 5.74) is 4.62. The van der Waals surface area contributed by atoms with E-state index in [1.807, 2.05) is 0 Å².